The fourth-order valence-corrected chi connectivity index (χ4v) is 5.61. The molecule has 2 fully saturated rings. The van der Waals surface area contributed by atoms with Crippen LogP contribution in [0.4, 0.5) is 0 Å². The van der Waals surface area contributed by atoms with Gasteiger partial charge in [0.25, 0.3) is 0 Å². The maximum absolute atomic E-state index is 2.55. The molecule has 1 aromatic rings. The lowest BCUT2D eigenvalue weighted by atomic mass is 9.48. The largest absolute Gasteiger partial charge is 0.0616 e. The van der Waals surface area contributed by atoms with Gasteiger partial charge in [-0.1, -0.05) is 52.0 Å². The van der Waals surface area contributed by atoms with Gasteiger partial charge in [0.2, 0.25) is 0 Å². The van der Waals surface area contributed by atoms with Gasteiger partial charge in [0, 0.05) is 5.41 Å². The van der Waals surface area contributed by atoms with Crippen molar-refractivity contribution in [2.75, 3.05) is 0 Å². The van der Waals surface area contributed by atoms with Gasteiger partial charge >= 0.3 is 0 Å². The van der Waals surface area contributed by atoms with Crippen LogP contribution in [0.3, 0.4) is 0 Å². The molecule has 0 N–H and O–H groups in total. The zero-order valence-corrected chi connectivity index (χ0v) is 12.6. The Hall–Kier alpha value is -1.04. The smallest absolute Gasteiger partial charge is 0.00386 e. The summed E-state index contributed by atoms with van der Waals surface area (Å²) in [7, 11) is 0. The van der Waals surface area contributed by atoms with Gasteiger partial charge in [-0.05, 0) is 58.8 Å². The van der Waals surface area contributed by atoms with E-state index in [1.54, 1.807) is 5.57 Å². The van der Waals surface area contributed by atoms with E-state index in [0.717, 1.165) is 5.92 Å². The van der Waals surface area contributed by atoms with Gasteiger partial charge in [0.15, 0.2) is 0 Å². The molecule has 0 spiro atoms. The minimum atomic E-state index is 0.345. The Bertz CT molecular complexity index is 585. The van der Waals surface area contributed by atoms with Crippen molar-refractivity contribution < 1.29 is 0 Å². The Morgan fingerprint density at radius 3 is 2.42 bits per heavy atom. The van der Waals surface area contributed by atoms with Crippen LogP contribution >= 0.6 is 0 Å². The van der Waals surface area contributed by atoms with Crippen LogP contribution in [0.5, 0.6) is 0 Å². The molecule has 0 aromatic heterocycles. The zero-order valence-electron chi connectivity index (χ0n) is 12.6. The highest BCUT2D eigenvalue weighted by Gasteiger charge is 2.68. The molecule has 100 valence electrons. The molecule has 1 aromatic carbocycles. The summed E-state index contributed by atoms with van der Waals surface area (Å²) in [5.41, 5.74) is 5.88. The molecule has 4 rings (SSSR count). The van der Waals surface area contributed by atoms with Gasteiger partial charge in [0.1, 0.15) is 0 Å². The highest BCUT2D eigenvalue weighted by molar-refractivity contribution is 5.98. The molecule has 0 amide bonds. The van der Waals surface area contributed by atoms with Crippen molar-refractivity contribution in [2.24, 2.45) is 22.2 Å². The molecule has 0 radical (unpaired) electrons. The summed E-state index contributed by atoms with van der Waals surface area (Å²) in [4.78, 5) is 0. The summed E-state index contributed by atoms with van der Waals surface area (Å²) in [5.74, 6) is 0.913. The number of fused-ring (bicyclic) bond motifs is 3. The van der Waals surface area contributed by atoms with E-state index in [1.165, 1.54) is 30.4 Å². The van der Waals surface area contributed by atoms with E-state index in [4.69, 9.17) is 0 Å². The van der Waals surface area contributed by atoms with E-state index in [-0.39, 0.29) is 0 Å². The topological polar surface area (TPSA) is 0 Å². The number of allylic oxidation sites excluding steroid dienone is 1. The van der Waals surface area contributed by atoms with Crippen molar-refractivity contribution in [1.29, 1.82) is 0 Å². The summed E-state index contributed by atoms with van der Waals surface area (Å²) < 4.78 is 0. The van der Waals surface area contributed by atoms with Gasteiger partial charge in [0.05, 0.1) is 0 Å². The maximum atomic E-state index is 2.55. The van der Waals surface area contributed by atoms with Gasteiger partial charge in [-0.3, -0.25) is 0 Å². The Kier molecular flexibility index (Phi) is 1.96. The van der Waals surface area contributed by atoms with Crippen molar-refractivity contribution in [3.05, 3.63) is 35.4 Å². The molecular weight excluding hydrogens is 228 g/mol. The summed E-state index contributed by atoms with van der Waals surface area (Å²) in [5, 5.41) is 0. The fraction of sp³-hybridized carbons (Fsp3) is 0.579. The molecular formula is C19H24. The van der Waals surface area contributed by atoms with Crippen LogP contribution in [0.25, 0.3) is 11.6 Å². The summed E-state index contributed by atoms with van der Waals surface area (Å²) in [6.07, 6.45) is 6.74. The lowest BCUT2D eigenvalue weighted by molar-refractivity contribution is 0.0264. The highest BCUT2D eigenvalue weighted by Crippen LogP contribution is 2.77. The maximum Gasteiger partial charge on any atom is 0.00386 e. The number of rotatable bonds is 1. The van der Waals surface area contributed by atoms with E-state index in [1.807, 2.05) is 0 Å². The average Bonchev–Trinajstić information content (AvgIpc) is 2.79. The van der Waals surface area contributed by atoms with Crippen molar-refractivity contribution >= 4 is 11.6 Å². The second kappa shape index (κ2) is 3.16. The quantitative estimate of drug-likeness (QED) is 0.628. The first-order valence-electron chi connectivity index (χ1n) is 7.72. The van der Waals surface area contributed by atoms with E-state index in [2.05, 4.69) is 58.0 Å². The van der Waals surface area contributed by atoms with Crippen LogP contribution in [-0.4, -0.2) is 0 Å². The number of hydrogen-bond acceptors (Lipinski definition) is 0. The fourth-order valence-electron chi connectivity index (χ4n) is 5.61. The lowest BCUT2D eigenvalue weighted by Crippen LogP contribution is -2.47. The third-order valence-electron chi connectivity index (χ3n) is 7.35. The molecule has 19 heavy (non-hydrogen) atoms. The minimum absolute atomic E-state index is 0.345. The first-order chi connectivity index (χ1) is 8.90. The second-order valence-corrected chi connectivity index (χ2v) is 7.99. The molecule has 0 aliphatic heterocycles. The van der Waals surface area contributed by atoms with Gasteiger partial charge in [-0.2, -0.15) is 0 Å². The highest BCUT2D eigenvalue weighted by atomic mass is 14.7. The van der Waals surface area contributed by atoms with E-state index < -0.39 is 0 Å². The van der Waals surface area contributed by atoms with Gasteiger partial charge < -0.3 is 0 Å². The second-order valence-electron chi connectivity index (χ2n) is 7.99. The Balaban J connectivity index is 1.87. The lowest BCUT2D eigenvalue weighted by Gasteiger charge is -2.55. The Morgan fingerprint density at radius 1 is 1.05 bits per heavy atom. The first kappa shape index (κ1) is 11.8. The van der Waals surface area contributed by atoms with Gasteiger partial charge in [-0.15, -0.1) is 0 Å². The van der Waals surface area contributed by atoms with E-state index in [9.17, 15) is 0 Å². The van der Waals surface area contributed by atoms with Crippen LogP contribution in [0, 0.1) is 22.2 Å². The number of hydrogen-bond donors (Lipinski definition) is 0. The third-order valence-corrected chi connectivity index (χ3v) is 7.35. The SMILES string of the molecule is CC12CCC(C1)C(C)(C)C2(C)C1=Cc2ccccc21. The molecule has 0 heterocycles. The normalized spacial score (nSPS) is 41.7. The molecule has 2 bridgehead atoms. The van der Waals surface area contributed by atoms with Crippen molar-refractivity contribution in [3.8, 4) is 0 Å². The van der Waals surface area contributed by atoms with Crippen LogP contribution in [-0.2, 0) is 0 Å². The van der Waals surface area contributed by atoms with Gasteiger partial charge in [-0.25, -0.2) is 0 Å². The third kappa shape index (κ3) is 1.09. The Morgan fingerprint density at radius 2 is 1.79 bits per heavy atom. The monoisotopic (exact) mass is 252 g/mol. The summed E-state index contributed by atoms with van der Waals surface area (Å²) >= 11 is 0. The first-order valence-corrected chi connectivity index (χ1v) is 7.72. The zero-order chi connectivity index (χ0) is 13.5. The van der Waals surface area contributed by atoms with Crippen molar-refractivity contribution in [3.63, 3.8) is 0 Å². The van der Waals surface area contributed by atoms with Crippen LogP contribution in [0.1, 0.15) is 58.1 Å². The molecule has 0 saturated heterocycles. The summed E-state index contributed by atoms with van der Waals surface area (Å²) in [6.45, 7) is 10.1. The minimum Gasteiger partial charge on any atom is -0.0616 e. The molecule has 0 nitrogen and oxygen atoms in total. The number of benzene rings is 1. The molecule has 2 saturated carbocycles. The molecule has 3 aliphatic rings. The van der Waals surface area contributed by atoms with Crippen molar-refractivity contribution in [1.82, 2.24) is 0 Å². The Labute approximate surface area is 116 Å². The predicted molar refractivity (Wildman–Crippen MR) is 81.6 cm³/mol. The molecule has 3 atom stereocenters. The van der Waals surface area contributed by atoms with E-state index in [0.29, 0.717) is 16.2 Å². The van der Waals surface area contributed by atoms with Crippen LogP contribution in [0.15, 0.2) is 24.3 Å². The molecule has 0 heteroatoms. The molecule has 3 unspecified atom stereocenters. The average molecular weight is 252 g/mol. The summed E-state index contributed by atoms with van der Waals surface area (Å²) in [6, 6.07) is 8.92. The standard InChI is InChI=1S/C19H24/c1-17(2)14-9-10-18(3,12-14)19(17,4)16-11-13-7-5-6-8-15(13)16/h5-8,11,14H,9-10,12H2,1-4H3. The van der Waals surface area contributed by atoms with E-state index >= 15 is 0 Å². The van der Waals surface area contributed by atoms with Crippen LogP contribution < -0.4 is 0 Å². The molecule has 3 aliphatic carbocycles. The predicted octanol–water partition coefficient (Wildman–Crippen LogP) is 5.39. The van der Waals surface area contributed by atoms with Crippen molar-refractivity contribution in [2.45, 2.75) is 47.0 Å². The van der Waals surface area contributed by atoms with Crippen LogP contribution in [0.2, 0.25) is 0 Å².